The summed E-state index contributed by atoms with van der Waals surface area (Å²) in [5.74, 6) is 1.23. The van der Waals surface area contributed by atoms with Gasteiger partial charge in [-0.1, -0.05) is 0 Å². The maximum Gasteiger partial charge on any atom is 0.166 e. The maximum atomic E-state index is 12.4. The first-order valence-corrected chi connectivity index (χ1v) is 6.40. The lowest BCUT2D eigenvalue weighted by atomic mass is 9.89. The van der Waals surface area contributed by atoms with Crippen molar-refractivity contribution in [3.63, 3.8) is 0 Å². The SMILES string of the molecule is COc1c(C)cc(C(=O)C2CCOCC2)cc1C. The van der Waals surface area contributed by atoms with E-state index in [-0.39, 0.29) is 11.7 Å². The second kappa shape index (κ2) is 5.53. The summed E-state index contributed by atoms with van der Waals surface area (Å²) in [5, 5.41) is 0. The van der Waals surface area contributed by atoms with Gasteiger partial charge < -0.3 is 9.47 Å². The molecular weight excluding hydrogens is 228 g/mol. The highest BCUT2D eigenvalue weighted by atomic mass is 16.5. The van der Waals surface area contributed by atoms with Gasteiger partial charge >= 0.3 is 0 Å². The Labute approximate surface area is 108 Å². The van der Waals surface area contributed by atoms with Crippen LogP contribution in [0.3, 0.4) is 0 Å². The highest BCUT2D eigenvalue weighted by Crippen LogP contribution is 2.27. The van der Waals surface area contributed by atoms with E-state index in [1.807, 2.05) is 26.0 Å². The zero-order valence-corrected chi connectivity index (χ0v) is 11.3. The number of methoxy groups -OCH3 is 1. The van der Waals surface area contributed by atoms with E-state index >= 15 is 0 Å². The van der Waals surface area contributed by atoms with Crippen molar-refractivity contribution in [2.24, 2.45) is 5.92 Å². The molecule has 0 aromatic heterocycles. The number of carbonyl (C=O) groups is 1. The van der Waals surface area contributed by atoms with E-state index in [9.17, 15) is 4.79 Å². The number of rotatable bonds is 3. The summed E-state index contributed by atoms with van der Waals surface area (Å²) >= 11 is 0. The lowest BCUT2D eigenvalue weighted by Crippen LogP contribution is -2.23. The molecule has 1 aromatic carbocycles. The summed E-state index contributed by atoms with van der Waals surface area (Å²) in [5.41, 5.74) is 2.85. The number of ether oxygens (including phenoxy) is 2. The quantitative estimate of drug-likeness (QED) is 0.771. The van der Waals surface area contributed by atoms with Crippen LogP contribution >= 0.6 is 0 Å². The molecule has 0 spiro atoms. The van der Waals surface area contributed by atoms with Crippen LogP contribution in [0.1, 0.15) is 34.3 Å². The van der Waals surface area contributed by atoms with Crippen molar-refractivity contribution in [1.29, 1.82) is 0 Å². The van der Waals surface area contributed by atoms with Crippen molar-refractivity contribution < 1.29 is 14.3 Å². The van der Waals surface area contributed by atoms with Crippen LogP contribution in [-0.4, -0.2) is 26.1 Å². The van der Waals surface area contributed by atoms with Crippen molar-refractivity contribution in [3.8, 4) is 5.75 Å². The molecule has 1 aliphatic rings. The average Bonchev–Trinajstić information content (AvgIpc) is 2.38. The van der Waals surface area contributed by atoms with E-state index < -0.39 is 0 Å². The Kier molecular flexibility index (Phi) is 4.02. The van der Waals surface area contributed by atoms with Gasteiger partial charge in [-0.2, -0.15) is 0 Å². The molecular formula is C15H20O3. The summed E-state index contributed by atoms with van der Waals surface area (Å²) in [4.78, 5) is 12.4. The number of hydrogen-bond donors (Lipinski definition) is 0. The Morgan fingerprint density at radius 1 is 1.22 bits per heavy atom. The summed E-state index contributed by atoms with van der Waals surface area (Å²) < 4.78 is 10.6. The maximum absolute atomic E-state index is 12.4. The predicted molar refractivity (Wildman–Crippen MR) is 70.3 cm³/mol. The fraction of sp³-hybridized carbons (Fsp3) is 0.533. The van der Waals surface area contributed by atoms with Gasteiger partial charge in [0.25, 0.3) is 0 Å². The first kappa shape index (κ1) is 13.1. The second-order valence-corrected chi connectivity index (χ2v) is 4.89. The van der Waals surface area contributed by atoms with Crippen LogP contribution in [0.2, 0.25) is 0 Å². The molecule has 1 aliphatic heterocycles. The molecule has 1 saturated heterocycles. The Bertz CT molecular complexity index is 422. The minimum absolute atomic E-state index is 0.117. The predicted octanol–water partition coefficient (Wildman–Crippen LogP) is 2.92. The van der Waals surface area contributed by atoms with E-state index in [2.05, 4.69) is 0 Å². The molecule has 0 aliphatic carbocycles. The molecule has 0 bridgehead atoms. The third-order valence-corrected chi connectivity index (χ3v) is 3.54. The highest BCUT2D eigenvalue weighted by molar-refractivity contribution is 5.98. The highest BCUT2D eigenvalue weighted by Gasteiger charge is 2.23. The van der Waals surface area contributed by atoms with E-state index in [4.69, 9.17) is 9.47 Å². The third kappa shape index (κ3) is 2.56. The van der Waals surface area contributed by atoms with Crippen LogP contribution in [0.25, 0.3) is 0 Å². The van der Waals surface area contributed by atoms with Gasteiger partial charge in [-0.25, -0.2) is 0 Å². The minimum atomic E-state index is 0.117. The molecule has 0 amide bonds. The zero-order valence-electron chi connectivity index (χ0n) is 11.3. The summed E-state index contributed by atoms with van der Waals surface area (Å²) in [6.45, 7) is 5.36. The molecule has 0 atom stereocenters. The normalized spacial score (nSPS) is 16.6. The molecule has 0 N–H and O–H groups in total. The number of aryl methyl sites for hydroxylation is 2. The third-order valence-electron chi connectivity index (χ3n) is 3.54. The number of Topliss-reactive ketones (excluding diaryl/α,β-unsaturated/α-hetero) is 1. The molecule has 98 valence electrons. The summed E-state index contributed by atoms with van der Waals surface area (Å²) in [6.07, 6.45) is 1.67. The topological polar surface area (TPSA) is 35.5 Å². The molecule has 0 saturated carbocycles. The molecule has 1 heterocycles. The standard InChI is InChI=1S/C15H20O3/c1-10-8-13(9-11(2)15(10)17-3)14(16)12-4-6-18-7-5-12/h8-9,12H,4-7H2,1-3H3. The largest absolute Gasteiger partial charge is 0.496 e. The number of ketones is 1. The van der Waals surface area contributed by atoms with E-state index in [0.29, 0.717) is 13.2 Å². The fourth-order valence-electron chi connectivity index (χ4n) is 2.61. The van der Waals surface area contributed by atoms with Crippen LogP contribution in [0, 0.1) is 19.8 Å². The molecule has 0 radical (unpaired) electrons. The Morgan fingerprint density at radius 2 is 1.78 bits per heavy atom. The van der Waals surface area contributed by atoms with Crippen molar-refractivity contribution in [1.82, 2.24) is 0 Å². The van der Waals surface area contributed by atoms with Gasteiger partial charge in [-0.15, -0.1) is 0 Å². The molecule has 1 fully saturated rings. The van der Waals surface area contributed by atoms with Crippen LogP contribution in [0.4, 0.5) is 0 Å². The molecule has 3 nitrogen and oxygen atoms in total. The van der Waals surface area contributed by atoms with Gasteiger partial charge in [0.15, 0.2) is 5.78 Å². The van der Waals surface area contributed by atoms with Gasteiger partial charge in [0.1, 0.15) is 5.75 Å². The van der Waals surface area contributed by atoms with Crippen molar-refractivity contribution in [2.75, 3.05) is 20.3 Å². The van der Waals surface area contributed by atoms with Gasteiger partial charge in [0, 0.05) is 24.7 Å². The Balaban J connectivity index is 2.25. The van der Waals surface area contributed by atoms with Crippen LogP contribution in [-0.2, 0) is 4.74 Å². The lowest BCUT2D eigenvalue weighted by molar-refractivity contribution is 0.0545. The van der Waals surface area contributed by atoms with Gasteiger partial charge in [0.2, 0.25) is 0 Å². The summed E-state index contributed by atoms with van der Waals surface area (Å²) in [6, 6.07) is 3.87. The van der Waals surface area contributed by atoms with E-state index in [0.717, 1.165) is 35.3 Å². The smallest absolute Gasteiger partial charge is 0.166 e. The van der Waals surface area contributed by atoms with E-state index in [1.54, 1.807) is 7.11 Å². The number of benzene rings is 1. The van der Waals surface area contributed by atoms with Crippen LogP contribution < -0.4 is 4.74 Å². The molecule has 2 rings (SSSR count). The fourth-order valence-corrected chi connectivity index (χ4v) is 2.61. The monoisotopic (exact) mass is 248 g/mol. The van der Waals surface area contributed by atoms with Gasteiger partial charge in [-0.3, -0.25) is 4.79 Å². The molecule has 1 aromatic rings. The van der Waals surface area contributed by atoms with Gasteiger partial charge in [-0.05, 0) is 49.9 Å². The van der Waals surface area contributed by atoms with Crippen LogP contribution in [0.5, 0.6) is 5.75 Å². The van der Waals surface area contributed by atoms with Gasteiger partial charge in [0.05, 0.1) is 7.11 Å². The summed E-state index contributed by atoms with van der Waals surface area (Å²) in [7, 11) is 1.66. The molecule has 3 heteroatoms. The molecule has 18 heavy (non-hydrogen) atoms. The first-order chi connectivity index (χ1) is 8.63. The Hall–Kier alpha value is -1.35. The molecule has 0 unspecified atom stereocenters. The first-order valence-electron chi connectivity index (χ1n) is 6.40. The van der Waals surface area contributed by atoms with Crippen molar-refractivity contribution in [2.45, 2.75) is 26.7 Å². The van der Waals surface area contributed by atoms with E-state index in [1.165, 1.54) is 0 Å². The lowest BCUT2D eigenvalue weighted by Gasteiger charge is -2.21. The average molecular weight is 248 g/mol. The van der Waals surface area contributed by atoms with Crippen LogP contribution in [0.15, 0.2) is 12.1 Å². The van der Waals surface area contributed by atoms with Crippen molar-refractivity contribution >= 4 is 5.78 Å². The number of carbonyl (C=O) groups excluding carboxylic acids is 1. The van der Waals surface area contributed by atoms with Crippen molar-refractivity contribution in [3.05, 3.63) is 28.8 Å². The Morgan fingerprint density at radius 3 is 2.28 bits per heavy atom. The zero-order chi connectivity index (χ0) is 13.1. The second-order valence-electron chi connectivity index (χ2n) is 4.89. The minimum Gasteiger partial charge on any atom is -0.496 e. The number of hydrogen-bond acceptors (Lipinski definition) is 3.